The molecule has 0 saturated carbocycles. The van der Waals surface area contributed by atoms with Crippen LogP contribution in [0.15, 0.2) is 24.4 Å². The zero-order chi connectivity index (χ0) is 15.1. The van der Waals surface area contributed by atoms with Gasteiger partial charge in [-0.2, -0.15) is 0 Å². The number of rotatable bonds is 6. The number of aliphatic carboxylic acids is 1. The molecule has 0 aliphatic rings. The summed E-state index contributed by atoms with van der Waals surface area (Å²) in [5.74, 6) is -1.02. The van der Waals surface area contributed by atoms with E-state index >= 15 is 0 Å². The minimum atomic E-state index is -1.05. The Balaban J connectivity index is 2.66. The Morgan fingerprint density at radius 2 is 2.20 bits per heavy atom. The third-order valence-electron chi connectivity index (χ3n) is 2.30. The van der Waals surface area contributed by atoms with E-state index in [-0.39, 0.29) is 17.6 Å². The molecule has 1 rings (SSSR count). The van der Waals surface area contributed by atoms with Crippen molar-refractivity contribution in [3.8, 4) is 0 Å². The molecule has 0 aliphatic carbocycles. The summed E-state index contributed by atoms with van der Waals surface area (Å²) >= 11 is 0. The Hall–Kier alpha value is -2.02. The highest BCUT2D eigenvalue weighted by atomic mass is 32.2. The molecule has 0 bridgehead atoms. The summed E-state index contributed by atoms with van der Waals surface area (Å²) in [6.45, 7) is 1.77. The summed E-state index contributed by atoms with van der Waals surface area (Å²) in [7, 11) is -0.979. The number of nitrogens with zero attached hydrogens (tertiary/aromatic N) is 1. The van der Waals surface area contributed by atoms with Crippen LogP contribution < -0.4 is 5.32 Å². The predicted molar refractivity (Wildman–Crippen MR) is 76.8 cm³/mol. The number of hydrogen-bond acceptors (Lipinski definition) is 4. The molecule has 1 aromatic heterocycles. The van der Waals surface area contributed by atoms with Crippen LogP contribution in [0.1, 0.15) is 23.0 Å². The molecule has 0 spiro atoms. The maximum absolute atomic E-state index is 11.8. The van der Waals surface area contributed by atoms with Crippen LogP contribution >= 0.6 is 0 Å². The topological polar surface area (TPSA) is 96.4 Å². The Kier molecular flexibility index (Phi) is 6.05. The molecule has 1 aromatic rings. The van der Waals surface area contributed by atoms with E-state index in [0.717, 1.165) is 6.08 Å². The van der Waals surface area contributed by atoms with Crippen molar-refractivity contribution in [1.82, 2.24) is 10.3 Å². The quantitative estimate of drug-likeness (QED) is 0.752. The smallest absolute Gasteiger partial charge is 0.328 e. The van der Waals surface area contributed by atoms with Gasteiger partial charge in [-0.25, -0.2) is 4.79 Å². The highest BCUT2D eigenvalue weighted by molar-refractivity contribution is 7.84. The number of carbonyl (C=O) groups is 2. The standard InChI is InChI=1S/C13H16N2O4S/c1-9(8-20(2)19)15-13(18)11-5-3-10(7-14-11)4-6-12(16)17/h3-7,9H,8H2,1-2H3,(H,15,18)(H,16,17)/b6-4+. The second kappa shape index (κ2) is 7.54. The van der Waals surface area contributed by atoms with E-state index in [2.05, 4.69) is 10.3 Å². The highest BCUT2D eigenvalue weighted by Crippen LogP contribution is 2.03. The van der Waals surface area contributed by atoms with E-state index in [1.807, 2.05) is 0 Å². The van der Waals surface area contributed by atoms with Gasteiger partial charge in [0.25, 0.3) is 5.91 Å². The molecule has 0 saturated heterocycles. The summed E-state index contributed by atoms with van der Waals surface area (Å²) in [4.78, 5) is 26.1. The highest BCUT2D eigenvalue weighted by Gasteiger charge is 2.11. The summed E-state index contributed by atoms with van der Waals surface area (Å²) in [5, 5.41) is 11.2. The Morgan fingerprint density at radius 3 is 2.70 bits per heavy atom. The lowest BCUT2D eigenvalue weighted by Crippen LogP contribution is -2.36. The average Bonchev–Trinajstić information content (AvgIpc) is 2.35. The molecular weight excluding hydrogens is 280 g/mol. The molecular formula is C13H16N2O4S. The number of carboxylic acid groups (broad SMARTS) is 1. The first-order valence-electron chi connectivity index (χ1n) is 5.86. The number of hydrogen-bond donors (Lipinski definition) is 2. The summed E-state index contributed by atoms with van der Waals surface area (Å²) in [6.07, 6.45) is 5.37. The lowest BCUT2D eigenvalue weighted by atomic mass is 10.2. The van der Waals surface area contributed by atoms with Gasteiger partial charge in [0.1, 0.15) is 5.69 Å². The molecule has 7 heteroatoms. The van der Waals surface area contributed by atoms with Crippen molar-refractivity contribution in [2.24, 2.45) is 0 Å². The fourth-order valence-electron chi connectivity index (χ4n) is 1.50. The molecule has 108 valence electrons. The first kappa shape index (κ1) is 16.0. The zero-order valence-electron chi connectivity index (χ0n) is 11.2. The van der Waals surface area contributed by atoms with Gasteiger partial charge in [0.05, 0.1) is 0 Å². The van der Waals surface area contributed by atoms with E-state index in [0.29, 0.717) is 11.3 Å². The fraction of sp³-hybridized carbons (Fsp3) is 0.308. The maximum Gasteiger partial charge on any atom is 0.328 e. The van der Waals surface area contributed by atoms with Gasteiger partial charge in [-0.05, 0) is 24.6 Å². The van der Waals surface area contributed by atoms with E-state index in [1.165, 1.54) is 18.3 Å². The normalized spacial score (nSPS) is 13.9. The predicted octanol–water partition coefficient (Wildman–Crippen LogP) is 0.676. The third-order valence-corrected chi connectivity index (χ3v) is 3.27. The molecule has 2 N–H and O–H groups in total. The van der Waals surface area contributed by atoms with Crippen molar-refractivity contribution in [2.75, 3.05) is 12.0 Å². The Bertz CT molecular complexity index is 540. The number of aromatic nitrogens is 1. The minimum Gasteiger partial charge on any atom is -0.478 e. The monoisotopic (exact) mass is 296 g/mol. The maximum atomic E-state index is 11.8. The minimum absolute atomic E-state index is 0.207. The van der Waals surface area contributed by atoms with Crippen molar-refractivity contribution >= 4 is 28.8 Å². The number of pyridine rings is 1. The van der Waals surface area contributed by atoms with Crippen molar-refractivity contribution < 1.29 is 18.9 Å². The van der Waals surface area contributed by atoms with Crippen molar-refractivity contribution in [3.63, 3.8) is 0 Å². The van der Waals surface area contributed by atoms with Crippen LogP contribution in [0.3, 0.4) is 0 Å². The van der Waals surface area contributed by atoms with E-state index in [4.69, 9.17) is 5.11 Å². The molecule has 2 unspecified atom stereocenters. The summed E-state index contributed by atoms with van der Waals surface area (Å²) in [5.41, 5.74) is 0.817. The van der Waals surface area contributed by atoms with Crippen LogP contribution in [-0.4, -0.2) is 44.2 Å². The Morgan fingerprint density at radius 1 is 1.50 bits per heavy atom. The van der Waals surface area contributed by atoms with Crippen molar-refractivity contribution in [2.45, 2.75) is 13.0 Å². The Labute approximate surface area is 119 Å². The van der Waals surface area contributed by atoms with Crippen LogP contribution in [0.4, 0.5) is 0 Å². The summed E-state index contributed by atoms with van der Waals surface area (Å²) < 4.78 is 11.0. The summed E-state index contributed by atoms with van der Waals surface area (Å²) in [6, 6.07) is 2.90. The molecule has 1 amide bonds. The lowest BCUT2D eigenvalue weighted by Gasteiger charge is -2.11. The van der Waals surface area contributed by atoms with Gasteiger partial charge in [0.15, 0.2) is 0 Å². The van der Waals surface area contributed by atoms with Gasteiger partial charge >= 0.3 is 5.97 Å². The van der Waals surface area contributed by atoms with Gasteiger partial charge < -0.3 is 10.4 Å². The van der Waals surface area contributed by atoms with Crippen LogP contribution in [0.2, 0.25) is 0 Å². The van der Waals surface area contributed by atoms with Crippen molar-refractivity contribution in [1.29, 1.82) is 0 Å². The SMILES string of the molecule is CC(CS(C)=O)NC(=O)c1ccc(/C=C/C(=O)O)cn1. The van der Waals surface area contributed by atoms with Crippen LogP contribution in [0, 0.1) is 0 Å². The largest absolute Gasteiger partial charge is 0.478 e. The molecule has 1 heterocycles. The zero-order valence-corrected chi connectivity index (χ0v) is 12.0. The lowest BCUT2D eigenvalue weighted by molar-refractivity contribution is -0.131. The van der Waals surface area contributed by atoms with E-state index in [1.54, 1.807) is 19.2 Å². The molecule has 2 atom stereocenters. The van der Waals surface area contributed by atoms with Gasteiger partial charge in [0.2, 0.25) is 0 Å². The van der Waals surface area contributed by atoms with E-state index < -0.39 is 16.8 Å². The fourth-order valence-corrected chi connectivity index (χ4v) is 2.28. The van der Waals surface area contributed by atoms with Gasteiger partial charge in [-0.15, -0.1) is 0 Å². The number of carboxylic acids is 1. The first-order valence-corrected chi connectivity index (χ1v) is 7.59. The molecule has 0 fully saturated rings. The third kappa shape index (κ3) is 5.75. The van der Waals surface area contributed by atoms with Crippen molar-refractivity contribution in [3.05, 3.63) is 35.7 Å². The molecule has 0 aromatic carbocycles. The molecule has 0 aliphatic heterocycles. The van der Waals surface area contributed by atoms with Crippen LogP contribution in [0.25, 0.3) is 6.08 Å². The number of amides is 1. The van der Waals surface area contributed by atoms with Gasteiger partial charge in [0, 0.05) is 41.1 Å². The van der Waals surface area contributed by atoms with E-state index in [9.17, 15) is 13.8 Å². The number of nitrogens with one attached hydrogen (secondary N) is 1. The second-order valence-corrected chi connectivity index (χ2v) is 5.74. The average molecular weight is 296 g/mol. The first-order chi connectivity index (χ1) is 9.38. The molecule has 20 heavy (non-hydrogen) atoms. The number of carbonyl (C=O) groups excluding carboxylic acids is 1. The van der Waals surface area contributed by atoms with Crippen LogP contribution in [0.5, 0.6) is 0 Å². The second-order valence-electron chi connectivity index (χ2n) is 4.26. The molecule has 6 nitrogen and oxygen atoms in total. The van der Waals surface area contributed by atoms with Gasteiger partial charge in [-0.1, -0.05) is 6.07 Å². The van der Waals surface area contributed by atoms with Crippen LogP contribution in [-0.2, 0) is 15.6 Å². The molecule has 0 radical (unpaired) electrons. The van der Waals surface area contributed by atoms with Gasteiger partial charge in [-0.3, -0.25) is 14.0 Å².